The number of nitrogens with zero attached hydrogens (tertiary/aromatic N) is 1. The molecule has 1 aromatic carbocycles. The Morgan fingerprint density at radius 1 is 1.19 bits per heavy atom. The van der Waals surface area contributed by atoms with Gasteiger partial charge in [0, 0.05) is 4.88 Å². The highest BCUT2D eigenvalue weighted by Crippen LogP contribution is 2.35. The van der Waals surface area contributed by atoms with Crippen molar-refractivity contribution in [2.24, 2.45) is 0 Å². The van der Waals surface area contributed by atoms with Gasteiger partial charge in [0.2, 0.25) is 5.91 Å². The standard InChI is InChI=1S/C24H29N3O3S/c1-2-3-7-17-9-11-18(12-10-17)21(19-8-6-15-31-19)25-20(28)16-27-22(29)24(26-23(27)30)13-4-5-14-24/h6,8-12,15,21H,2-5,7,13-14,16H2,1H3,(H,25,28)(H,26,30). The van der Waals surface area contributed by atoms with Gasteiger partial charge in [-0.05, 0) is 48.3 Å². The second-order valence-corrected chi connectivity index (χ2v) is 9.45. The lowest BCUT2D eigenvalue weighted by molar-refractivity contribution is -0.135. The molecule has 2 N–H and O–H groups in total. The van der Waals surface area contributed by atoms with Crippen LogP contribution in [0.3, 0.4) is 0 Å². The summed E-state index contributed by atoms with van der Waals surface area (Å²) in [5, 5.41) is 7.85. The number of amides is 4. The Labute approximate surface area is 187 Å². The summed E-state index contributed by atoms with van der Waals surface area (Å²) in [7, 11) is 0. The molecule has 1 unspecified atom stereocenters. The normalized spacial score (nSPS) is 18.4. The van der Waals surface area contributed by atoms with Crippen molar-refractivity contribution in [3.05, 3.63) is 57.8 Å². The van der Waals surface area contributed by atoms with Gasteiger partial charge in [-0.15, -0.1) is 11.3 Å². The van der Waals surface area contributed by atoms with Crippen LogP contribution in [0.1, 0.15) is 67.5 Å². The first kappa shape index (κ1) is 21.6. The first-order chi connectivity index (χ1) is 15.0. The number of imide groups is 1. The molecule has 4 amide bonds. The van der Waals surface area contributed by atoms with Crippen LogP contribution in [0.4, 0.5) is 4.79 Å². The maximum Gasteiger partial charge on any atom is 0.325 e. The quantitative estimate of drug-likeness (QED) is 0.606. The summed E-state index contributed by atoms with van der Waals surface area (Å²) >= 11 is 1.57. The van der Waals surface area contributed by atoms with E-state index in [1.165, 1.54) is 5.56 Å². The van der Waals surface area contributed by atoms with Crippen LogP contribution >= 0.6 is 11.3 Å². The number of carbonyl (C=O) groups excluding carboxylic acids is 3. The number of rotatable bonds is 8. The predicted octanol–water partition coefficient (Wildman–Crippen LogP) is 4.16. The van der Waals surface area contributed by atoms with Crippen molar-refractivity contribution in [2.75, 3.05) is 6.54 Å². The van der Waals surface area contributed by atoms with Crippen LogP contribution in [-0.2, 0) is 16.0 Å². The molecule has 7 heteroatoms. The van der Waals surface area contributed by atoms with Gasteiger partial charge in [-0.1, -0.05) is 56.5 Å². The van der Waals surface area contributed by atoms with Crippen molar-refractivity contribution in [1.29, 1.82) is 0 Å². The average molecular weight is 440 g/mol. The van der Waals surface area contributed by atoms with Crippen LogP contribution in [0, 0.1) is 0 Å². The molecule has 31 heavy (non-hydrogen) atoms. The lowest BCUT2D eigenvalue weighted by atomic mass is 9.98. The summed E-state index contributed by atoms with van der Waals surface area (Å²) in [5.74, 6) is -0.606. The Balaban J connectivity index is 1.47. The molecule has 2 aliphatic rings. The Bertz CT molecular complexity index is 933. The number of hydrogen-bond acceptors (Lipinski definition) is 4. The smallest absolute Gasteiger partial charge is 0.325 e. The van der Waals surface area contributed by atoms with Crippen molar-refractivity contribution in [3.63, 3.8) is 0 Å². The Morgan fingerprint density at radius 2 is 1.94 bits per heavy atom. The fourth-order valence-corrected chi connectivity index (χ4v) is 5.32. The molecule has 1 saturated carbocycles. The molecule has 0 bridgehead atoms. The molecule has 4 rings (SSSR count). The summed E-state index contributed by atoms with van der Waals surface area (Å²) < 4.78 is 0. The van der Waals surface area contributed by atoms with E-state index in [1.54, 1.807) is 11.3 Å². The molecule has 1 aromatic heterocycles. The molecule has 1 aliphatic carbocycles. The summed E-state index contributed by atoms with van der Waals surface area (Å²) in [6, 6.07) is 11.5. The van der Waals surface area contributed by atoms with Crippen molar-refractivity contribution in [3.8, 4) is 0 Å². The van der Waals surface area contributed by atoms with Gasteiger partial charge in [0.25, 0.3) is 5.91 Å². The fraction of sp³-hybridized carbons (Fsp3) is 0.458. The highest BCUT2D eigenvalue weighted by Gasteiger charge is 2.52. The number of thiophene rings is 1. The summed E-state index contributed by atoms with van der Waals surface area (Å²) in [4.78, 5) is 40.2. The van der Waals surface area contributed by atoms with Crippen LogP contribution in [0.2, 0.25) is 0 Å². The molecular weight excluding hydrogens is 410 g/mol. The van der Waals surface area contributed by atoms with E-state index in [1.807, 2.05) is 17.5 Å². The number of urea groups is 1. The zero-order valence-corrected chi connectivity index (χ0v) is 18.7. The maximum atomic E-state index is 12.9. The molecule has 2 heterocycles. The van der Waals surface area contributed by atoms with Gasteiger partial charge >= 0.3 is 6.03 Å². The number of aryl methyl sites for hydroxylation is 1. The molecule has 1 spiro atoms. The van der Waals surface area contributed by atoms with Gasteiger partial charge < -0.3 is 10.6 Å². The van der Waals surface area contributed by atoms with Gasteiger partial charge in [0.05, 0.1) is 6.04 Å². The molecule has 6 nitrogen and oxygen atoms in total. The van der Waals surface area contributed by atoms with Gasteiger partial charge in [-0.2, -0.15) is 0 Å². The van der Waals surface area contributed by atoms with Crippen LogP contribution in [0.5, 0.6) is 0 Å². The Hall–Kier alpha value is -2.67. The first-order valence-electron chi connectivity index (χ1n) is 11.1. The highest BCUT2D eigenvalue weighted by atomic mass is 32.1. The summed E-state index contributed by atoms with van der Waals surface area (Å²) in [6.07, 6.45) is 6.48. The van der Waals surface area contributed by atoms with E-state index < -0.39 is 11.6 Å². The SMILES string of the molecule is CCCCc1ccc(C(NC(=O)CN2C(=O)NC3(CCCC3)C2=O)c2cccs2)cc1. The minimum Gasteiger partial charge on any atom is -0.343 e. The molecule has 1 saturated heterocycles. The minimum absolute atomic E-state index is 0.261. The molecule has 1 aliphatic heterocycles. The Morgan fingerprint density at radius 3 is 2.58 bits per heavy atom. The minimum atomic E-state index is -0.793. The molecule has 2 fully saturated rings. The third-order valence-electron chi connectivity index (χ3n) is 6.27. The molecule has 1 atom stereocenters. The molecule has 2 aromatic rings. The monoisotopic (exact) mass is 439 g/mol. The number of nitrogens with one attached hydrogen (secondary N) is 2. The second-order valence-electron chi connectivity index (χ2n) is 8.47. The lowest BCUT2D eigenvalue weighted by Crippen LogP contribution is -2.45. The van der Waals surface area contributed by atoms with E-state index in [2.05, 4.69) is 41.8 Å². The van der Waals surface area contributed by atoms with E-state index in [4.69, 9.17) is 0 Å². The van der Waals surface area contributed by atoms with Crippen LogP contribution in [0.15, 0.2) is 41.8 Å². The summed E-state index contributed by atoms with van der Waals surface area (Å²) in [6.45, 7) is 1.92. The van der Waals surface area contributed by atoms with E-state index in [0.717, 1.165) is 47.4 Å². The maximum absolute atomic E-state index is 12.9. The number of unbranched alkanes of at least 4 members (excludes halogenated alkanes) is 1. The molecule has 0 radical (unpaired) electrons. The Kier molecular flexibility index (Phi) is 6.41. The third-order valence-corrected chi connectivity index (χ3v) is 7.21. The van der Waals surface area contributed by atoms with Gasteiger partial charge in [-0.25, -0.2) is 4.79 Å². The largest absolute Gasteiger partial charge is 0.343 e. The zero-order chi connectivity index (χ0) is 21.8. The van der Waals surface area contributed by atoms with Crippen molar-refractivity contribution in [1.82, 2.24) is 15.5 Å². The number of benzene rings is 1. The highest BCUT2D eigenvalue weighted by molar-refractivity contribution is 7.10. The van der Waals surface area contributed by atoms with Crippen molar-refractivity contribution in [2.45, 2.75) is 63.5 Å². The van der Waals surface area contributed by atoms with E-state index in [0.29, 0.717) is 12.8 Å². The predicted molar refractivity (Wildman–Crippen MR) is 121 cm³/mol. The van der Waals surface area contributed by atoms with E-state index in [9.17, 15) is 14.4 Å². The molecular formula is C24H29N3O3S. The number of hydrogen-bond donors (Lipinski definition) is 2. The average Bonchev–Trinajstić information content (AvgIpc) is 3.51. The van der Waals surface area contributed by atoms with Crippen LogP contribution in [-0.4, -0.2) is 34.8 Å². The summed E-state index contributed by atoms with van der Waals surface area (Å²) in [5.41, 5.74) is 1.47. The van der Waals surface area contributed by atoms with Gasteiger partial charge in [0.1, 0.15) is 12.1 Å². The molecule has 164 valence electrons. The van der Waals surface area contributed by atoms with Crippen LogP contribution in [0.25, 0.3) is 0 Å². The topological polar surface area (TPSA) is 78.5 Å². The fourth-order valence-electron chi connectivity index (χ4n) is 4.52. The van der Waals surface area contributed by atoms with Crippen molar-refractivity contribution < 1.29 is 14.4 Å². The van der Waals surface area contributed by atoms with Crippen LogP contribution < -0.4 is 10.6 Å². The van der Waals surface area contributed by atoms with Crippen molar-refractivity contribution >= 4 is 29.2 Å². The second kappa shape index (κ2) is 9.22. The number of carbonyl (C=O) groups is 3. The third kappa shape index (κ3) is 4.51. The van der Waals surface area contributed by atoms with E-state index in [-0.39, 0.29) is 24.4 Å². The zero-order valence-electron chi connectivity index (χ0n) is 17.9. The first-order valence-corrected chi connectivity index (χ1v) is 12.0. The van der Waals surface area contributed by atoms with Gasteiger partial charge in [-0.3, -0.25) is 14.5 Å². The van der Waals surface area contributed by atoms with Gasteiger partial charge in [0.15, 0.2) is 0 Å². The lowest BCUT2D eigenvalue weighted by Gasteiger charge is -2.22. The van der Waals surface area contributed by atoms with E-state index >= 15 is 0 Å².